The summed E-state index contributed by atoms with van der Waals surface area (Å²) in [7, 11) is 1.54. The molecule has 0 radical (unpaired) electrons. The van der Waals surface area contributed by atoms with Crippen LogP contribution in [-0.2, 0) is 6.54 Å². The van der Waals surface area contributed by atoms with Crippen molar-refractivity contribution in [2.45, 2.75) is 25.8 Å². The maximum Gasteiger partial charge on any atom is 0.263 e. The van der Waals surface area contributed by atoms with Crippen molar-refractivity contribution in [2.75, 3.05) is 25.5 Å². The molecule has 0 saturated heterocycles. The summed E-state index contributed by atoms with van der Waals surface area (Å²) in [6.07, 6.45) is 5.55. The molecule has 0 unspecified atom stereocenters. The number of anilines is 1. The number of aromatic nitrogens is 3. The Bertz CT molecular complexity index is 1150. The summed E-state index contributed by atoms with van der Waals surface area (Å²) in [6.45, 7) is 1.13. The van der Waals surface area contributed by atoms with E-state index in [2.05, 4.69) is 20.6 Å². The van der Waals surface area contributed by atoms with Crippen LogP contribution in [0.15, 0.2) is 53.6 Å². The quantitative estimate of drug-likeness (QED) is 0.430. The number of carbonyl (C=O) groups excluding carboxylic acids is 1. The number of nitrogens with zero attached hydrogens (tertiary/aromatic N) is 3. The van der Waals surface area contributed by atoms with Crippen LogP contribution < -0.4 is 20.9 Å². The average Bonchev–Trinajstić information content (AvgIpc) is 2.82. The molecule has 10 heteroatoms. The predicted molar refractivity (Wildman–Crippen MR) is 119 cm³/mol. The molecule has 0 saturated carbocycles. The lowest BCUT2D eigenvalue weighted by atomic mass is 10.2. The Balaban J connectivity index is 1.43. The number of methoxy groups -OCH3 is 1. The van der Waals surface area contributed by atoms with E-state index in [0.717, 1.165) is 31.4 Å². The number of rotatable bonds is 11. The Kier molecular flexibility index (Phi) is 8.45. The number of carbonyl (C=O) groups is 1. The Morgan fingerprint density at radius 2 is 1.91 bits per heavy atom. The summed E-state index contributed by atoms with van der Waals surface area (Å²) >= 11 is 0. The topological polar surface area (TPSA) is 98.1 Å². The van der Waals surface area contributed by atoms with Gasteiger partial charge in [0.2, 0.25) is 11.8 Å². The minimum atomic E-state index is -0.985. The number of benzene rings is 1. The van der Waals surface area contributed by atoms with Gasteiger partial charge in [-0.15, -0.1) is 0 Å². The van der Waals surface area contributed by atoms with Crippen LogP contribution >= 0.6 is 0 Å². The Morgan fingerprint density at radius 1 is 1.09 bits per heavy atom. The molecule has 2 N–H and O–H groups in total. The van der Waals surface area contributed by atoms with Crippen LogP contribution in [0.3, 0.4) is 0 Å². The first-order valence-corrected chi connectivity index (χ1v) is 10.5. The molecule has 3 aromatic rings. The second-order valence-electron chi connectivity index (χ2n) is 7.27. The third kappa shape index (κ3) is 6.83. The number of ether oxygens (including phenoxy) is 1. The van der Waals surface area contributed by atoms with E-state index in [1.54, 1.807) is 18.3 Å². The molecule has 2 aromatic heterocycles. The van der Waals surface area contributed by atoms with Crippen molar-refractivity contribution >= 4 is 11.9 Å². The average molecular weight is 457 g/mol. The number of amides is 1. The van der Waals surface area contributed by atoms with Crippen LogP contribution in [-0.4, -0.2) is 40.6 Å². The van der Waals surface area contributed by atoms with E-state index in [4.69, 9.17) is 4.74 Å². The van der Waals surface area contributed by atoms with E-state index < -0.39 is 23.1 Å². The molecule has 1 aromatic carbocycles. The molecule has 0 bridgehead atoms. The molecule has 2 heterocycles. The van der Waals surface area contributed by atoms with Crippen molar-refractivity contribution in [3.63, 3.8) is 0 Å². The molecule has 174 valence electrons. The van der Waals surface area contributed by atoms with Crippen LogP contribution in [0.5, 0.6) is 5.88 Å². The monoisotopic (exact) mass is 457 g/mol. The summed E-state index contributed by atoms with van der Waals surface area (Å²) in [4.78, 5) is 33.3. The fourth-order valence-corrected chi connectivity index (χ4v) is 3.13. The summed E-state index contributed by atoms with van der Waals surface area (Å²) in [5.74, 6) is -1.43. The van der Waals surface area contributed by atoms with Crippen molar-refractivity contribution in [2.24, 2.45) is 0 Å². The second-order valence-corrected chi connectivity index (χ2v) is 7.27. The highest BCUT2D eigenvalue weighted by molar-refractivity contribution is 5.93. The smallest absolute Gasteiger partial charge is 0.263 e. The maximum absolute atomic E-state index is 13.4. The number of unbranched alkanes of at least 4 members (excludes halogenated alkanes) is 2. The van der Waals surface area contributed by atoms with Gasteiger partial charge >= 0.3 is 0 Å². The third-order valence-electron chi connectivity index (χ3n) is 4.86. The fourth-order valence-electron chi connectivity index (χ4n) is 3.13. The zero-order valence-corrected chi connectivity index (χ0v) is 18.2. The van der Waals surface area contributed by atoms with E-state index in [1.165, 1.54) is 30.0 Å². The molecule has 0 fully saturated rings. The van der Waals surface area contributed by atoms with Gasteiger partial charge in [0.05, 0.1) is 13.7 Å². The maximum atomic E-state index is 13.4. The summed E-state index contributed by atoms with van der Waals surface area (Å²) in [6, 6.07) is 8.11. The standard InChI is InChI=1S/C23H25F2N5O3/c1-33-20-9-12-28-23(29-20)27-11-4-2-3-10-26-21(31)17-6-5-13-30(22(17)32)15-16-7-8-18(24)19(25)14-16/h5-9,12-14H,2-4,10-11,15H2,1H3,(H,26,31)(H,27,28,29). The molecule has 0 aliphatic heterocycles. The van der Waals surface area contributed by atoms with Crippen molar-refractivity contribution in [1.29, 1.82) is 0 Å². The zero-order valence-electron chi connectivity index (χ0n) is 18.2. The van der Waals surface area contributed by atoms with E-state index in [9.17, 15) is 18.4 Å². The SMILES string of the molecule is COc1ccnc(NCCCCCNC(=O)c2cccn(Cc3ccc(F)c(F)c3)c2=O)n1. The van der Waals surface area contributed by atoms with E-state index in [-0.39, 0.29) is 12.1 Å². The van der Waals surface area contributed by atoms with E-state index in [1.807, 2.05) is 0 Å². The third-order valence-corrected chi connectivity index (χ3v) is 4.86. The zero-order chi connectivity index (χ0) is 23.6. The number of hydrogen-bond donors (Lipinski definition) is 2. The lowest BCUT2D eigenvalue weighted by molar-refractivity contribution is 0.0951. The lowest BCUT2D eigenvalue weighted by Crippen LogP contribution is -2.33. The van der Waals surface area contributed by atoms with Crippen LogP contribution in [0.4, 0.5) is 14.7 Å². The molecule has 0 atom stereocenters. The largest absolute Gasteiger partial charge is 0.481 e. The minimum absolute atomic E-state index is 0.00285. The van der Waals surface area contributed by atoms with Crippen LogP contribution in [0.25, 0.3) is 0 Å². The van der Waals surface area contributed by atoms with Crippen molar-refractivity contribution in [3.8, 4) is 5.88 Å². The van der Waals surface area contributed by atoms with Crippen LogP contribution in [0, 0.1) is 11.6 Å². The van der Waals surface area contributed by atoms with Gasteiger partial charge in [-0.1, -0.05) is 6.07 Å². The Morgan fingerprint density at radius 3 is 2.70 bits per heavy atom. The first-order valence-electron chi connectivity index (χ1n) is 10.5. The molecule has 0 aliphatic carbocycles. The molecular weight excluding hydrogens is 432 g/mol. The molecule has 8 nitrogen and oxygen atoms in total. The van der Waals surface area contributed by atoms with Gasteiger partial charge in [-0.25, -0.2) is 13.8 Å². The number of nitrogens with one attached hydrogen (secondary N) is 2. The first kappa shape index (κ1) is 23.8. The van der Waals surface area contributed by atoms with Crippen LogP contribution in [0.1, 0.15) is 35.2 Å². The van der Waals surface area contributed by atoms with Gasteiger partial charge < -0.3 is 19.9 Å². The molecule has 0 aliphatic rings. The van der Waals surface area contributed by atoms with E-state index in [0.29, 0.717) is 30.5 Å². The van der Waals surface area contributed by atoms with Gasteiger partial charge in [-0.05, 0) is 49.1 Å². The number of pyridine rings is 1. The summed E-state index contributed by atoms with van der Waals surface area (Å²) in [5, 5.41) is 5.85. The van der Waals surface area contributed by atoms with Crippen LogP contribution in [0.2, 0.25) is 0 Å². The predicted octanol–water partition coefficient (Wildman–Crippen LogP) is 2.99. The van der Waals surface area contributed by atoms with Gasteiger partial charge in [0.15, 0.2) is 11.6 Å². The second kappa shape index (κ2) is 11.7. The molecule has 33 heavy (non-hydrogen) atoms. The fraction of sp³-hybridized carbons (Fsp3) is 0.304. The van der Waals surface area contributed by atoms with E-state index >= 15 is 0 Å². The van der Waals surface area contributed by atoms with Crippen molar-refractivity contribution in [1.82, 2.24) is 19.9 Å². The minimum Gasteiger partial charge on any atom is -0.481 e. The van der Waals surface area contributed by atoms with Gasteiger partial charge in [0, 0.05) is 31.5 Å². The Labute approximate surface area is 189 Å². The summed E-state index contributed by atoms with van der Waals surface area (Å²) < 4.78 is 32.8. The highest BCUT2D eigenvalue weighted by atomic mass is 19.2. The van der Waals surface area contributed by atoms with Crippen molar-refractivity contribution in [3.05, 3.63) is 81.9 Å². The first-order chi connectivity index (χ1) is 16.0. The molecule has 3 rings (SSSR count). The molecule has 0 spiro atoms. The number of hydrogen-bond acceptors (Lipinski definition) is 6. The lowest BCUT2D eigenvalue weighted by Gasteiger charge is -2.09. The normalized spacial score (nSPS) is 10.6. The van der Waals surface area contributed by atoms with Gasteiger partial charge in [0.25, 0.3) is 11.5 Å². The highest BCUT2D eigenvalue weighted by Gasteiger charge is 2.12. The highest BCUT2D eigenvalue weighted by Crippen LogP contribution is 2.10. The molecular formula is C23H25F2N5O3. The Hall–Kier alpha value is -3.82. The van der Waals surface area contributed by atoms with Gasteiger partial charge in [-0.2, -0.15) is 4.98 Å². The summed E-state index contributed by atoms with van der Waals surface area (Å²) in [5.41, 5.74) is -0.0827. The van der Waals surface area contributed by atoms with Gasteiger partial charge in [-0.3, -0.25) is 9.59 Å². The van der Waals surface area contributed by atoms with Gasteiger partial charge in [0.1, 0.15) is 5.56 Å². The molecule has 1 amide bonds. The van der Waals surface area contributed by atoms with Crippen molar-refractivity contribution < 1.29 is 18.3 Å². The number of halogens is 2.